The van der Waals surface area contributed by atoms with Gasteiger partial charge in [0.15, 0.2) is 0 Å². The number of hydrogen-bond donors (Lipinski definition) is 2. The molecule has 0 bridgehead atoms. The van der Waals surface area contributed by atoms with Gasteiger partial charge in [-0.2, -0.15) is 0 Å². The Morgan fingerprint density at radius 1 is 1.24 bits per heavy atom. The van der Waals surface area contributed by atoms with E-state index in [1.165, 1.54) is 6.07 Å². The summed E-state index contributed by atoms with van der Waals surface area (Å²) in [6, 6.07) is 3.20. The lowest BCUT2D eigenvalue weighted by molar-refractivity contribution is -0.121. The van der Waals surface area contributed by atoms with Gasteiger partial charge >= 0.3 is 0 Å². The Morgan fingerprint density at radius 2 is 1.95 bits per heavy atom. The molecule has 1 fully saturated rings. The highest BCUT2D eigenvalue weighted by Crippen LogP contribution is 2.35. The molecule has 0 radical (unpaired) electrons. The van der Waals surface area contributed by atoms with Crippen molar-refractivity contribution in [1.29, 1.82) is 0 Å². The van der Waals surface area contributed by atoms with Crippen LogP contribution in [0.25, 0.3) is 0 Å². The molecule has 0 atom stereocenters. The highest BCUT2D eigenvalue weighted by molar-refractivity contribution is 5.78. The van der Waals surface area contributed by atoms with Crippen LogP contribution in [0.1, 0.15) is 37.7 Å². The number of nitrogens with one attached hydrogen (secondary N) is 1. The van der Waals surface area contributed by atoms with E-state index in [4.69, 9.17) is 0 Å². The van der Waals surface area contributed by atoms with Crippen molar-refractivity contribution >= 4 is 5.91 Å². The summed E-state index contributed by atoms with van der Waals surface area (Å²) < 4.78 is 26.3. The molecule has 0 heterocycles. The van der Waals surface area contributed by atoms with Crippen LogP contribution in [-0.4, -0.2) is 24.2 Å². The van der Waals surface area contributed by atoms with E-state index in [1.807, 2.05) is 0 Å². The van der Waals surface area contributed by atoms with Gasteiger partial charge in [0.1, 0.15) is 11.6 Å². The number of aliphatic hydroxyl groups is 1. The summed E-state index contributed by atoms with van der Waals surface area (Å²) in [5.41, 5.74) is -0.0643. The molecule has 0 aliphatic heterocycles. The maximum absolute atomic E-state index is 13.5. The Hall–Kier alpha value is -1.49. The molecular weight excluding hydrogens is 276 g/mol. The minimum absolute atomic E-state index is 0.0538. The van der Waals surface area contributed by atoms with Gasteiger partial charge in [0.2, 0.25) is 5.91 Å². The number of carbonyl (C=O) groups excluding carboxylic acids is 1. The lowest BCUT2D eigenvalue weighted by atomic mass is 9.74. The van der Waals surface area contributed by atoms with Crippen LogP contribution in [0, 0.1) is 17.0 Å². The molecule has 1 aromatic rings. The second-order valence-electron chi connectivity index (χ2n) is 5.91. The smallest absolute Gasteiger partial charge is 0.224 e. The topological polar surface area (TPSA) is 49.3 Å². The van der Waals surface area contributed by atoms with E-state index in [2.05, 4.69) is 5.32 Å². The van der Waals surface area contributed by atoms with Crippen LogP contribution < -0.4 is 5.32 Å². The first-order valence-electron chi connectivity index (χ1n) is 7.36. The third kappa shape index (κ3) is 4.24. The molecule has 1 aliphatic rings. The van der Waals surface area contributed by atoms with E-state index in [0.717, 1.165) is 44.2 Å². The molecule has 0 aromatic heterocycles. The van der Waals surface area contributed by atoms with E-state index in [-0.39, 0.29) is 29.9 Å². The first-order valence-corrected chi connectivity index (χ1v) is 7.36. The zero-order valence-electron chi connectivity index (χ0n) is 12.0. The normalized spacial score (nSPS) is 17.5. The second-order valence-corrected chi connectivity index (χ2v) is 5.91. The van der Waals surface area contributed by atoms with Crippen LogP contribution in [0.5, 0.6) is 0 Å². The summed E-state index contributed by atoms with van der Waals surface area (Å²) in [5.74, 6) is -1.67. The highest BCUT2D eigenvalue weighted by atomic mass is 19.1. The van der Waals surface area contributed by atoms with Crippen molar-refractivity contribution in [1.82, 2.24) is 5.32 Å². The average molecular weight is 297 g/mol. The molecule has 1 amide bonds. The maximum atomic E-state index is 13.5. The molecule has 0 unspecified atom stereocenters. The summed E-state index contributed by atoms with van der Waals surface area (Å²) in [5, 5.41) is 12.3. The van der Waals surface area contributed by atoms with Gasteiger partial charge in [-0.25, -0.2) is 8.78 Å². The predicted molar refractivity (Wildman–Crippen MR) is 75.7 cm³/mol. The predicted octanol–water partition coefficient (Wildman–Crippen LogP) is 2.57. The quantitative estimate of drug-likeness (QED) is 0.877. The first kappa shape index (κ1) is 15.9. The van der Waals surface area contributed by atoms with Crippen molar-refractivity contribution in [2.24, 2.45) is 5.41 Å². The summed E-state index contributed by atoms with van der Waals surface area (Å²) in [4.78, 5) is 11.9. The number of hydrogen-bond acceptors (Lipinski definition) is 2. The molecule has 2 N–H and O–H groups in total. The van der Waals surface area contributed by atoms with E-state index >= 15 is 0 Å². The van der Waals surface area contributed by atoms with E-state index < -0.39 is 11.6 Å². The highest BCUT2D eigenvalue weighted by Gasteiger charge is 2.31. The first-order chi connectivity index (χ1) is 10.0. The Kier molecular flexibility index (Phi) is 5.28. The van der Waals surface area contributed by atoms with Crippen LogP contribution in [-0.2, 0) is 11.2 Å². The largest absolute Gasteiger partial charge is 0.396 e. The van der Waals surface area contributed by atoms with E-state index in [1.54, 1.807) is 0 Å². The van der Waals surface area contributed by atoms with Gasteiger partial charge in [-0.15, -0.1) is 0 Å². The Balaban J connectivity index is 1.89. The van der Waals surface area contributed by atoms with Gasteiger partial charge in [0.25, 0.3) is 0 Å². The average Bonchev–Trinajstić information content (AvgIpc) is 2.49. The van der Waals surface area contributed by atoms with Gasteiger partial charge in [-0.05, 0) is 24.5 Å². The van der Waals surface area contributed by atoms with Crippen LogP contribution in [0.15, 0.2) is 18.2 Å². The van der Waals surface area contributed by atoms with Crippen molar-refractivity contribution in [2.45, 2.75) is 38.5 Å². The molecule has 21 heavy (non-hydrogen) atoms. The molecule has 3 nitrogen and oxygen atoms in total. The van der Waals surface area contributed by atoms with Crippen LogP contribution >= 0.6 is 0 Å². The van der Waals surface area contributed by atoms with Gasteiger partial charge in [-0.3, -0.25) is 4.79 Å². The number of halogens is 2. The number of rotatable bonds is 5. The number of benzene rings is 1. The molecule has 1 aliphatic carbocycles. The van der Waals surface area contributed by atoms with Crippen molar-refractivity contribution in [2.75, 3.05) is 13.2 Å². The monoisotopic (exact) mass is 297 g/mol. The Labute approximate surface area is 123 Å². The summed E-state index contributed by atoms with van der Waals surface area (Å²) in [6.45, 7) is 0.462. The van der Waals surface area contributed by atoms with E-state index in [9.17, 15) is 18.7 Å². The number of amides is 1. The number of aliphatic hydroxyl groups excluding tert-OH is 1. The third-order valence-electron chi connectivity index (χ3n) is 4.28. The maximum Gasteiger partial charge on any atom is 0.224 e. The molecule has 116 valence electrons. The lowest BCUT2D eigenvalue weighted by Crippen LogP contribution is -2.41. The SMILES string of the molecule is O=C(Cc1ccc(F)cc1F)NCC1(CO)CCCCC1. The minimum Gasteiger partial charge on any atom is -0.396 e. The van der Waals surface area contributed by atoms with E-state index in [0.29, 0.717) is 6.54 Å². The van der Waals surface area contributed by atoms with Crippen molar-refractivity contribution < 1.29 is 18.7 Å². The fraction of sp³-hybridized carbons (Fsp3) is 0.562. The van der Waals surface area contributed by atoms with Crippen LogP contribution in [0.2, 0.25) is 0 Å². The standard InChI is InChI=1S/C16H21F2NO2/c17-13-5-4-12(14(18)9-13)8-15(21)19-10-16(11-20)6-2-1-3-7-16/h4-5,9,20H,1-3,6-8,10-11H2,(H,19,21). The van der Waals surface area contributed by atoms with Gasteiger partial charge in [0.05, 0.1) is 13.0 Å². The zero-order chi connectivity index (χ0) is 15.3. The lowest BCUT2D eigenvalue weighted by Gasteiger charge is -2.35. The summed E-state index contributed by atoms with van der Waals surface area (Å²) >= 11 is 0. The third-order valence-corrected chi connectivity index (χ3v) is 4.28. The Bertz CT molecular complexity index is 499. The van der Waals surface area contributed by atoms with Crippen molar-refractivity contribution in [3.05, 3.63) is 35.4 Å². The van der Waals surface area contributed by atoms with Crippen LogP contribution in [0.3, 0.4) is 0 Å². The zero-order valence-corrected chi connectivity index (χ0v) is 12.0. The molecule has 0 spiro atoms. The molecule has 2 rings (SSSR count). The van der Waals surface area contributed by atoms with Crippen LogP contribution in [0.4, 0.5) is 8.78 Å². The van der Waals surface area contributed by atoms with Crippen molar-refractivity contribution in [3.63, 3.8) is 0 Å². The summed E-state index contributed by atoms with van der Waals surface area (Å²) in [6.07, 6.45) is 4.96. The molecule has 0 saturated heterocycles. The number of carbonyl (C=O) groups is 1. The molecule has 1 saturated carbocycles. The molecule has 1 aromatic carbocycles. The minimum atomic E-state index is -0.709. The fourth-order valence-electron chi connectivity index (χ4n) is 2.88. The second kappa shape index (κ2) is 6.98. The van der Waals surface area contributed by atoms with Crippen molar-refractivity contribution in [3.8, 4) is 0 Å². The molecule has 5 heteroatoms. The summed E-state index contributed by atoms with van der Waals surface area (Å²) in [7, 11) is 0. The Morgan fingerprint density at radius 3 is 2.57 bits per heavy atom. The molecular formula is C16H21F2NO2. The van der Waals surface area contributed by atoms with Gasteiger partial charge in [-0.1, -0.05) is 25.3 Å². The fourth-order valence-corrected chi connectivity index (χ4v) is 2.88. The van der Waals surface area contributed by atoms with Gasteiger partial charge < -0.3 is 10.4 Å². The van der Waals surface area contributed by atoms with Gasteiger partial charge in [0, 0.05) is 18.0 Å².